The second-order valence-corrected chi connectivity index (χ2v) is 9.79. The van der Waals surface area contributed by atoms with Crippen LogP contribution in [0.1, 0.15) is 78.5 Å². The molecule has 0 aromatic heterocycles. The molecule has 5 nitrogen and oxygen atoms in total. The minimum Gasteiger partial charge on any atom is -0.480 e. The number of ketones is 1. The molecule has 0 heterocycles. The fourth-order valence-corrected chi connectivity index (χ4v) is 3.89. The molecule has 0 saturated carbocycles. The molecular formula is C24H35NO4. The molecule has 0 radical (unpaired) electrons. The van der Waals surface area contributed by atoms with Crippen LogP contribution in [0, 0.1) is 5.41 Å². The van der Waals surface area contributed by atoms with Crippen LogP contribution in [0.2, 0.25) is 0 Å². The molecule has 5 heteroatoms. The Morgan fingerprint density at radius 3 is 2.24 bits per heavy atom. The lowest BCUT2D eigenvalue weighted by Gasteiger charge is -2.31. The molecule has 0 aliphatic heterocycles. The van der Waals surface area contributed by atoms with E-state index in [2.05, 4.69) is 46.8 Å². The third-order valence-electron chi connectivity index (χ3n) is 5.42. The van der Waals surface area contributed by atoms with Gasteiger partial charge in [-0.3, -0.25) is 14.4 Å². The van der Waals surface area contributed by atoms with Crippen LogP contribution in [-0.2, 0) is 24.6 Å². The van der Waals surface area contributed by atoms with Crippen molar-refractivity contribution in [1.29, 1.82) is 0 Å². The predicted molar refractivity (Wildman–Crippen MR) is 114 cm³/mol. The number of nitrogens with zero attached hydrogens (tertiary/aromatic N) is 1. The molecule has 2 rings (SSSR count). The third-order valence-corrected chi connectivity index (χ3v) is 5.42. The largest absolute Gasteiger partial charge is 0.480 e. The summed E-state index contributed by atoms with van der Waals surface area (Å²) in [6, 6.07) is 7.92. The van der Waals surface area contributed by atoms with Gasteiger partial charge in [0.1, 0.15) is 0 Å². The van der Waals surface area contributed by atoms with Gasteiger partial charge in [0, 0.05) is 6.42 Å². The van der Waals surface area contributed by atoms with Gasteiger partial charge in [-0.2, -0.15) is 0 Å². The van der Waals surface area contributed by atoms with Crippen molar-refractivity contribution in [2.75, 3.05) is 13.7 Å². The first-order valence-corrected chi connectivity index (χ1v) is 10.2. The molecule has 1 atom stereocenters. The molecular weight excluding hydrogens is 366 g/mol. The molecule has 1 aromatic carbocycles. The highest BCUT2D eigenvalue weighted by molar-refractivity contribution is 5.96. The van der Waals surface area contributed by atoms with E-state index in [9.17, 15) is 9.59 Å². The molecule has 1 aliphatic rings. The fourth-order valence-electron chi connectivity index (χ4n) is 3.89. The zero-order valence-corrected chi connectivity index (χ0v) is 19.1. The first-order valence-electron chi connectivity index (χ1n) is 10.2. The van der Waals surface area contributed by atoms with Crippen molar-refractivity contribution in [3.63, 3.8) is 0 Å². The smallest absolute Gasteiger partial charge is 0.284 e. The Morgan fingerprint density at radius 1 is 1.17 bits per heavy atom. The van der Waals surface area contributed by atoms with E-state index in [4.69, 9.17) is 9.57 Å². The van der Waals surface area contributed by atoms with E-state index in [1.54, 1.807) is 0 Å². The van der Waals surface area contributed by atoms with Crippen LogP contribution in [0.25, 0.3) is 0 Å². The molecule has 0 N–H and O–H groups in total. The number of hydrogen-bond acceptors (Lipinski definition) is 4. The Bertz CT molecular complexity index is 784. The van der Waals surface area contributed by atoms with Crippen LogP contribution in [0.3, 0.4) is 0 Å². The van der Waals surface area contributed by atoms with E-state index in [1.165, 1.54) is 17.7 Å². The van der Waals surface area contributed by atoms with Crippen LogP contribution < -0.4 is 0 Å². The van der Waals surface area contributed by atoms with Gasteiger partial charge in [-0.1, -0.05) is 58.9 Å². The summed E-state index contributed by atoms with van der Waals surface area (Å²) in [4.78, 5) is 30.5. The van der Waals surface area contributed by atoms with Gasteiger partial charge in [0.05, 0.1) is 13.2 Å². The van der Waals surface area contributed by atoms with Gasteiger partial charge >= 0.3 is 0 Å². The molecule has 0 saturated heterocycles. The standard InChI is InChI=1S/C24H35NO4/c1-16-13-24(6,7)14-20(26)22(16)29-15-21(27)25(28-8)17(2)18-9-11-19(12-10-18)23(3,4)5/h9-12,17H,13-15H2,1-8H3. The van der Waals surface area contributed by atoms with E-state index in [0.717, 1.165) is 17.6 Å². The van der Waals surface area contributed by atoms with Gasteiger partial charge < -0.3 is 4.74 Å². The number of benzene rings is 1. The maximum Gasteiger partial charge on any atom is 0.284 e. The first kappa shape index (κ1) is 23.1. The second-order valence-electron chi connectivity index (χ2n) is 9.79. The van der Waals surface area contributed by atoms with E-state index < -0.39 is 0 Å². The zero-order chi connectivity index (χ0) is 22.0. The highest BCUT2D eigenvalue weighted by Crippen LogP contribution is 2.37. The van der Waals surface area contributed by atoms with Crippen LogP contribution in [0.15, 0.2) is 35.6 Å². The summed E-state index contributed by atoms with van der Waals surface area (Å²) in [5, 5.41) is 1.30. The molecule has 1 amide bonds. The molecule has 160 valence electrons. The molecule has 1 unspecified atom stereocenters. The van der Waals surface area contributed by atoms with E-state index in [0.29, 0.717) is 12.2 Å². The Labute approximate surface area is 175 Å². The van der Waals surface area contributed by atoms with Gasteiger partial charge in [-0.25, -0.2) is 5.06 Å². The Morgan fingerprint density at radius 2 is 1.76 bits per heavy atom. The topological polar surface area (TPSA) is 55.8 Å². The molecule has 0 bridgehead atoms. The van der Waals surface area contributed by atoms with Crippen molar-refractivity contribution in [2.45, 2.75) is 72.8 Å². The lowest BCUT2D eigenvalue weighted by Crippen LogP contribution is -2.36. The Hall–Kier alpha value is -2.14. The Kier molecular flexibility index (Phi) is 6.94. The van der Waals surface area contributed by atoms with E-state index >= 15 is 0 Å². The average Bonchev–Trinajstić information content (AvgIpc) is 2.59. The molecule has 29 heavy (non-hydrogen) atoms. The summed E-state index contributed by atoms with van der Waals surface area (Å²) in [5.74, 6) is -0.0323. The number of rotatable bonds is 6. The zero-order valence-electron chi connectivity index (χ0n) is 19.1. The van der Waals surface area contributed by atoms with Crippen molar-refractivity contribution in [2.24, 2.45) is 5.41 Å². The minimum atomic E-state index is -0.321. The average molecular weight is 402 g/mol. The fraction of sp³-hybridized carbons (Fsp3) is 0.583. The van der Waals surface area contributed by atoms with Crippen molar-refractivity contribution < 1.29 is 19.2 Å². The maximum atomic E-state index is 12.7. The second kappa shape index (κ2) is 8.70. The van der Waals surface area contributed by atoms with Crippen LogP contribution in [0.5, 0.6) is 0 Å². The van der Waals surface area contributed by atoms with Gasteiger partial charge in [0.2, 0.25) is 0 Å². The first-order chi connectivity index (χ1) is 13.4. The molecule has 1 aliphatic carbocycles. The van der Waals surface area contributed by atoms with Gasteiger partial charge in [0.15, 0.2) is 18.1 Å². The van der Waals surface area contributed by atoms with Crippen molar-refractivity contribution in [3.05, 3.63) is 46.7 Å². The molecule has 0 fully saturated rings. The van der Waals surface area contributed by atoms with Crippen molar-refractivity contribution in [1.82, 2.24) is 5.06 Å². The summed E-state index contributed by atoms with van der Waals surface area (Å²) in [6.45, 7) is 14.2. The van der Waals surface area contributed by atoms with E-state index in [-0.39, 0.29) is 35.2 Å². The Balaban J connectivity index is 2.07. The highest BCUT2D eigenvalue weighted by atomic mass is 16.7. The van der Waals surface area contributed by atoms with Gasteiger partial charge in [-0.15, -0.1) is 0 Å². The summed E-state index contributed by atoms with van der Waals surface area (Å²) >= 11 is 0. The number of hydrogen-bond donors (Lipinski definition) is 0. The monoisotopic (exact) mass is 401 g/mol. The number of carbonyl (C=O) groups excluding carboxylic acids is 2. The van der Waals surface area contributed by atoms with Crippen molar-refractivity contribution in [3.8, 4) is 0 Å². The SMILES string of the molecule is CON(C(=O)COC1=C(C)CC(C)(C)CC1=O)C(C)c1ccc(C(C)(C)C)cc1. The number of carbonyl (C=O) groups is 2. The summed E-state index contributed by atoms with van der Waals surface area (Å²) in [6.07, 6.45) is 1.21. The molecule has 0 spiro atoms. The lowest BCUT2D eigenvalue weighted by atomic mass is 9.76. The van der Waals surface area contributed by atoms with Gasteiger partial charge in [-0.05, 0) is 47.8 Å². The van der Waals surface area contributed by atoms with E-state index in [1.807, 2.05) is 26.0 Å². The number of hydroxylamine groups is 2. The lowest BCUT2D eigenvalue weighted by molar-refractivity contribution is -0.191. The summed E-state index contributed by atoms with van der Waals surface area (Å²) in [5.41, 5.74) is 3.10. The third kappa shape index (κ3) is 5.69. The molecule has 1 aromatic rings. The maximum absolute atomic E-state index is 12.7. The summed E-state index contributed by atoms with van der Waals surface area (Å²) < 4.78 is 5.65. The number of Topliss-reactive ketones (excluding diaryl/α,β-unsaturated/α-hetero) is 1. The van der Waals surface area contributed by atoms with Crippen molar-refractivity contribution >= 4 is 11.7 Å². The minimum absolute atomic E-state index is 0.0404. The van der Waals surface area contributed by atoms with Gasteiger partial charge in [0.25, 0.3) is 5.91 Å². The highest BCUT2D eigenvalue weighted by Gasteiger charge is 2.33. The summed E-state index contributed by atoms with van der Waals surface area (Å²) in [7, 11) is 1.47. The van der Waals surface area contributed by atoms with Crippen LogP contribution in [-0.4, -0.2) is 30.5 Å². The quantitative estimate of drug-likeness (QED) is 0.621. The number of ether oxygens (including phenoxy) is 1. The number of allylic oxidation sites excluding steroid dienone is 2. The number of amides is 1. The predicted octanol–water partition coefficient (Wildman–Crippen LogP) is 5.11. The van der Waals surface area contributed by atoms with Crippen LogP contribution in [0.4, 0.5) is 0 Å². The normalized spacial score (nSPS) is 17.9. The van der Waals surface area contributed by atoms with Crippen LogP contribution >= 0.6 is 0 Å².